The number of likely N-dealkylation sites (tertiary alicyclic amines) is 1. The van der Waals surface area contributed by atoms with Crippen molar-refractivity contribution in [2.45, 2.75) is 29.5 Å². The number of nitrogens with zero attached hydrogens (tertiary/aromatic N) is 5. The van der Waals surface area contributed by atoms with Gasteiger partial charge in [0.05, 0.1) is 43.2 Å². The Hall–Kier alpha value is -1.62. The standard InChI is InChI=1S/C26H34ClN5O3S/c27-22-5-1-4-20-24-21(18-36-25(20)22)23(26(33)31-11-15-35-16-12-31)28-32(24)19-3-2-6-30(17-19)8-7-29-9-13-34-14-10-29/h1,4-5,19H,2-3,6-18H2. The Morgan fingerprint density at radius 2 is 1.78 bits per heavy atom. The van der Waals surface area contributed by atoms with Gasteiger partial charge in [-0.3, -0.25) is 19.3 Å². The highest BCUT2D eigenvalue weighted by Crippen LogP contribution is 2.47. The lowest BCUT2D eigenvalue weighted by atomic mass is 10.0. The van der Waals surface area contributed by atoms with Crippen molar-refractivity contribution < 1.29 is 14.3 Å². The molecule has 3 saturated heterocycles. The third-order valence-electron chi connectivity index (χ3n) is 7.76. The summed E-state index contributed by atoms with van der Waals surface area (Å²) in [7, 11) is 0. The summed E-state index contributed by atoms with van der Waals surface area (Å²) in [5.41, 5.74) is 3.85. The van der Waals surface area contributed by atoms with Crippen LogP contribution in [-0.4, -0.2) is 109 Å². The summed E-state index contributed by atoms with van der Waals surface area (Å²) in [5.74, 6) is 0.740. The van der Waals surface area contributed by atoms with Crippen LogP contribution in [0.5, 0.6) is 0 Å². The smallest absolute Gasteiger partial charge is 0.274 e. The van der Waals surface area contributed by atoms with Gasteiger partial charge in [-0.2, -0.15) is 5.10 Å². The van der Waals surface area contributed by atoms with E-state index in [1.54, 1.807) is 11.8 Å². The maximum Gasteiger partial charge on any atom is 0.274 e. The molecular formula is C26H34ClN5O3S. The van der Waals surface area contributed by atoms with Gasteiger partial charge in [-0.15, -0.1) is 11.8 Å². The topological polar surface area (TPSA) is 63.1 Å². The summed E-state index contributed by atoms with van der Waals surface area (Å²) in [4.78, 5) is 21.7. The highest BCUT2D eigenvalue weighted by molar-refractivity contribution is 7.98. The van der Waals surface area contributed by atoms with Crippen LogP contribution in [0.1, 0.15) is 34.9 Å². The first-order chi connectivity index (χ1) is 17.7. The largest absolute Gasteiger partial charge is 0.379 e. The number of carbonyl (C=O) groups is 1. The summed E-state index contributed by atoms with van der Waals surface area (Å²) in [6.45, 7) is 10.3. The van der Waals surface area contributed by atoms with Gasteiger partial charge in [0.2, 0.25) is 0 Å². The average molecular weight is 532 g/mol. The van der Waals surface area contributed by atoms with Crippen LogP contribution in [0.25, 0.3) is 11.3 Å². The lowest BCUT2D eigenvalue weighted by Crippen LogP contribution is -2.44. The minimum Gasteiger partial charge on any atom is -0.379 e. The molecule has 36 heavy (non-hydrogen) atoms. The highest BCUT2D eigenvalue weighted by atomic mass is 35.5. The Balaban J connectivity index is 1.30. The van der Waals surface area contributed by atoms with Crippen molar-refractivity contribution in [1.82, 2.24) is 24.5 Å². The van der Waals surface area contributed by atoms with E-state index in [0.717, 1.165) is 92.1 Å². The molecule has 0 saturated carbocycles. The van der Waals surface area contributed by atoms with E-state index in [1.165, 1.54) is 0 Å². The van der Waals surface area contributed by atoms with Crippen LogP contribution in [0.4, 0.5) is 0 Å². The summed E-state index contributed by atoms with van der Waals surface area (Å²) in [6.07, 6.45) is 2.20. The van der Waals surface area contributed by atoms with E-state index in [9.17, 15) is 4.79 Å². The number of ether oxygens (including phenoxy) is 2. The lowest BCUT2D eigenvalue weighted by molar-refractivity contribution is 0.0294. The zero-order chi connectivity index (χ0) is 24.5. The molecule has 1 aromatic carbocycles. The normalized spacial score (nSPS) is 23.4. The molecule has 4 aliphatic heterocycles. The number of carbonyl (C=O) groups excluding carboxylic acids is 1. The molecule has 0 aliphatic carbocycles. The molecule has 0 bridgehead atoms. The molecule has 1 atom stereocenters. The van der Waals surface area contributed by atoms with Crippen molar-refractivity contribution in [2.75, 3.05) is 78.8 Å². The Morgan fingerprint density at radius 3 is 2.58 bits per heavy atom. The van der Waals surface area contributed by atoms with Crippen molar-refractivity contribution in [3.05, 3.63) is 34.5 Å². The third-order valence-corrected chi connectivity index (χ3v) is 9.34. The Bertz CT molecular complexity index is 1100. The van der Waals surface area contributed by atoms with Crippen LogP contribution in [0.2, 0.25) is 5.02 Å². The van der Waals surface area contributed by atoms with Crippen molar-refractivity contribution in [2.24, 2.45) is 0 Å². The first kappa shape index (κ1) is 24.7. The van der Waals surface area contributed by atoms with Crippen molar-refractivity contribution in [3.63, 3.8) is 0 Å². The maximum absolute atomic E-state index is 13.6. The van der Waals surface area contributed by atoms with Crippen LogP contribution in [-0.2, 0) is 15.2 Å². The van der Waals surface area contributed by atoms with Gasteiger partial charge >= 0.3 is 0 Å². The van der Waals surface area contributed by atoms with Crippen LogP contribution < -0.4 is 0 Å². The van der Waals surface area contributed by atoms with E-state index < -0.39 is 0 Å². The molecule has 1 unspecified atom stereocenters. The highest BCUT2D eigenvalue weighted by Gasteiger charge is 2.35. The van der Waals surface area contributed by atoms with Crippen molar-refractivity contribution in [1.29, 1.82) is 0 Å². The minimum atomic E-state index is 0.0272. The number of amides is 1. The van der Waals surface area contributed by atoms with E-state index in [2.05, 4.69) is 20.5 Å². The quantitative estimate of drug-likeness (QED) is 0.587. The first-order valence-corrected chi connectivity index (χ1v) is 14.5. The second-order valence-corrected chi connectivity index (χ2v) is 11.4. The number of piperidine rings is 1. The fourth-order valence-corrected chi connectivity index (χ4v) is 7.20. The van der Waals surface area contributed by atoms with Crippen LogP contribution >= 0.6 is 23.4 Å². The van der Waals surface area contributed by atoms with E-state index in [4.69, 9.17) is 26.2 Å². The zero-order valence-electron chi connectivity index (χ0n) is 20.7. The molecule has 1 aromatic heterocycles. The molecule has 0 radical (unpaired) electrons. The molecule has 8 nitrogen and oxygen atoms in total. The molecular weight excluding hydrogens is 498 g/mol. The number of morpholine rings is 2. The van der Waals surface area contributed by atoms with E-state index in [0.29, 0.717) is 37.8 Å². The number of benzene rings is 1. The fraction of sp³-hybridized carbons (Fsp3) is 0.615. The molecule has 0 spiro atoms. The van der Waals surface area contributed by atoms with Gasteiger partial charge in [0.1, 0.15) is 0 Å². The summed E-state index contributed by atoms with van der Waals surface area (Å²) >= 11 is 8.33. The van der Waals surface area contributed by atoms with E-state index in [1.807, 2.05) is 17.0 Å². The van der Waals surface area contributed by atoms with E-state index in [-0.39, 0.29) is 11.9 Å². The molecule has 3 fully saturated rings. The number of aromatic nitrogens is 2. The maximum atomic E-state index is 13.6. The zero-order valence-corrected chi connectivity index (χ0v) is 22.2. The van der Waals surface area contributed by atoms with Gasteiger partial charge in [0.25, 0.3) is 5.91 Å². The summed E-state index contributed by atoms with van der Waals surface area (Å²) < 4.78 is 13.2. The summed E-state index contributed by atoms with van der Waals surface area (Å²) in [6, 6.07) is 6.32. The van der Waals surface area contributed by atoms with Gasteiger partial charge in [-0.25, -0.2) is 0 Å². The molecule has 1 amide bonds. The van der Waals surface area contributed by atoms with Crippen molar-refractivity contribution in [3.8, 4) is 11.3 Å². The Labute approximate surface area is 221 Å². The number of thioether (sulfide) groups is 1. The van der Waals surface area contributed by atoms with Gasteiger partial charge in [0.15, 0.2) is 5.69 Å². The van der Waals surface area contributed by atoms with Gasteiger partial charge in [-0.05, 0) is 25.5 Å². The number of halogens is 1. The minimum absolute atomic E-state index is 0.0272. The monoisotopic (exact) mass is 531 g/mol. The van der Waals surface area contributed by atoms with E-state index >= 15 is 0 Å². The fourth-order valence-electron chi connectivity index (χ4n) is 5.77. The molecule has 2 aromatic rings. The van der Waals surface area contributed by atoms with Gasteiger partial charge < -0.3 is 14.4 Å². The second-order valence-electron chi connectivity index (χ2n) is 9.98. The van der Waals surface area contributed by atoms with Crippen molar-refractivity contribution >= 4 is 29.3 Å². The number of hydrogen-bond acceptors (Lipinski definition) is 7. The molecule has 0 N–H and O–H groups in total. The van der Waals surface area contributed by atoms with Gasteiger partial charge in [0, 0.05) is 67.6 Å². The SMILES string of the molecule is O=C(c1nn(C2CCCN(CCN3CCOCC3)C2)c2c1CSc1c(Cl)cccc1-2)N1CCOCC1. The average Bonchev–Trinajstić information content (AvgIpc) is 3.33. The number of fused-ring (bicyclic) bond motifs is 3. The molecule has 4 aliphatic rings. The molecule has 10 heteroatoms. The molecule has 194 valence electrons. The van der Waals surface area contributed by atoms with Crippen LogP contribution in [0, 0.1) is 0 Å². The van der Waals surface area contributed by atoms with Gasteiger partial charge in [-0.1, -0.05) is 23.7 Å². The lowest BCUT2D eigenvalue weighted by Gasteiger charge is -2.36. The predicted molar refractivity (Wildman–Crippen MR) is 141 cm³/mol. The molecule has 5 heterocycles. The number of hydrogen-bond donors (Lipinski definition) is 0. The van der Waals surface area contributed by atoms with Crippen LogP contribution in [0.15, 0.2) is 23.1 Å². The summed E-state index contributed by atoms with van der Waals surface area (Å²) in [5, 5.41) is 5.85. The predicted octanol–water partition coefficient (Wildman–Crippen LogP) is 3.25. The first-order valence-electron chi connectivity index (χ1n) is 13.1. The Kier molecular flexibility index (Phi) is 7.55. The second kappa shape index (κ2) is 11.0. The molecule has 6 rings (SSSR count). The Morgan fingerprint density at radius 1 is 1.03 bits per heavy atom. The number of rotatable bonds is 5. The van der Waals surface area contributed by atoms with Crippen LogP contribution in [0.3, 0.4) is 0 Å². The third kappa shape index (κ3) is 4.93.